The summed E-state index contributed by atoms with van der Waals surface area (Å²) < 4.78 is 26.6. The molecule has 0 saturated carbocycles. The summed E-state index contributed by atoms with van der Waals surface area (Å²) in [5, 5.41) is 4.33. The van der Waals surface area contributed by atoms with Gasteiger partial charge >= 0.3 is 5.79 Å². The molecule has 0 atom stereocenters. The zero-order chi connectivity index (χ0) is 37.6. The van der Waals surface area contributed by atoms with Crippen molar-refractivity contribution in [2.45, 2.75) is 19.6 Å². The fourth-order valence-electron chi connectivity index (χ4n) is 8.44. The fraction of sp³-hybridized carbons (Fsp3) is 0.106. The van der Waals surface area contributed by atoms with Crippen LogP contribution in [0.4, 0.5) is 0 Å². The Bertz CT molecular complexity index is 2750. The molecule has 266 valence electrons. The normalized spacial score (nSPS) is 15.3. The molecule has 1 heterocycles. The van der Waals surface area contributed by atoms with Crippen molar-refractivity contribution in [1.82, 2.24) is 0 Å². The van der Waals surface area contributed by atoms with Crippen LogP contribution in [0.2, 0.25) is 0 Å². The van der Waals surface area contributed by atoms with Gasteiger partial charge in [-0.25, -0.2) is 0 Å². The van der Waals surface area contributed by atoms with Gasteiger partial charge in [-0.3, -0.25) is 19.2 Å². The third kappa shape index (κ3) is 4.51. The maximum absolute atomic E-state index is 14.1. The SMILES string of the molecule is CCOc1cc2c(c3c1ccc1c4c(c5ccc6c(OCC)cc7c(c6c5c13)C(=O)C=CC7=O)OC(c1ccccc1)(c1ccccc1)O4)C(=O)C=CC2=O. The van der Waals surface area contributed by atoms with Gasteiger partial charge in [0.15, 0.2) is 34.6 Å². The molecule has 1 aliphatic heterocycles. The quantitative estimate of drug-likeness (QED) is 0.156. The molecule has 0 aromatic heterocycles. The van der Waals surface area contributed by atoms with Gasteiger partial charge in [0.1, 0.15) is 11.5 Å². The van der Waals surface area contributed by atoms with Crippen LogP contribution in [0.3, 0.4) is 0 Å². The molecule has 0 radical (unpaired) electrons. The number of rotatable bonds is 6. The molecule has 7 aromatic carbocycles. The predicted octanol–water partition coefficient (Wildman–Crippen LogP) is 9.64. The lowest BCUT2D eigenvalue weighted by Crippen LogP contribution is -2.36. The van der Waals surface area contributed by atoms with Crippen LogP contribution >= 0.6 is 0 Å². The molecule has 3 aliphatic rings. The van der Waals surface area contributed by atoms with Crippen molar-refractivity contribution in [2.75, 3.05) is 13.2 Å². The summed E-state index contributed by atoms with van der Waals surface area (Å²) in [6, 6.07) is 30.1. The maximum Gasteiger partial charge on any atom is 0.305 e. The number of carbonyl (C=O) groups excluding carboxylic acids is 4. The number of allylic oxidation sites excluding steroid dienone is 4. The Hall–Kier alpha value is -7.06. The molecule has 8 nitrogen and oxygen atoms in total. The Morgan fingerprint density at radius 1 is 0.473 bits per heavy atom. The van der Waals surface area contributed by atoms with E-state index in [-0.39, 0.29) is 45.4 Å². The smallest absolute Gasteiger partial charge is 0.305 e. The van der Waals surface area contributed by atoms with E-state index in [0.717, 1.165) is 11.1 Å². The second-order valence-electron chi connectivity index (χ2n) is 13.6. The highest BCUT2D eigenvalue weighted by Crippen LogP contribution is 2.58. The molecule has 8 heteroatoms. The van der Waals surface area contributed by atoms with Crippen molar-refractivity contribution in [3.8, 4) is 23.0 Å². The molecule has 7 aromatic rings. The highest BCUT2D eigenvalue weighted by atomic mass is 16.7. The summed E-state index contributed by atoms with van der Waals surface area (Å²) in [4.78, 5) is 55.3. The van der Waals surface area contributed by atoms with E-state index >= 15 is 0 Å². The minimum absolute atomic E-state index is 0.205. The molecule has 55 heavy (non-hydrogen) atoms. The lowest BCUT2D eigenvalue weighted by molar-refractivity contribution is -0.0447. The summed E-state index contributed by atoms with van der Waals surface area (Å²) >= 11 is 0. The van der Waals surface area contributed by atoms with Gasteiger partial charge < -0.3 is 18.9 Å². The number of ketones is 4. The summed E-state index contributed by atoms with van der Waals surface area (Å²) in [7, 11) is 0. The summed E-state index contributed by atoms with van der Waals surface area (Å²) in [5.41, 5.74) is 2.31. The molecule has 0 amide bonds. The van der Waals surface area contributed by atoms with E-state index in [2.05, 4.69) is 0 Å². The summed E-state index contributed by atoms with van der Waals surface area (Å²) in [5.74, 6) is -1.13. The summed E-state index contributed by atoms with van der Waals surface area (Å²) in [6.07, 6.45) is 5.12. The van der Waals surface area contributed by atoms with Crippen molar-refractivity contribution in [1.29, 1.82) is 0 Å². The minimum atomic E-state index is -1.43. The average molecular weight is 723 g/mol. The highest BCUT2D eigenvalue weighted by molar-refractivity contribution is 6.40. The van der Waals surface area contributed by atoms with E-state index in [1.165, 1.54) is 24.3 Å². The Balaban J connectivity index is 1.48. The zero-order valence-corrected chi connectivity index (χ0v) is 29.7. The highest BCUT2D eigenvalue weighted by Gasteiger charge is 2.47. The first-order chi connectivity index (χ1) is 26.8. The van der Waals surface area contributed by atoms with Crippen LogP contribution < -0.4 is 18.9 Å². The number of fused-ring (bicyclic) bond motifs is 14. The van der Waals surface area contributed by atoms with Gasteiger partial charge in [-0.1, -0.05) is 60.7 Å². The van der Waals surface area contributed by atoms with Crippen molar-refractivity contribution in [2.24, 2.45) is 0 Å². The Kier molecular flexibility index (Phi) is 7.10. The predicted molar refractivity (Wildman–Crippen MR) is 209 cm³/mol. The van der Waals surface area contributed by atoms with Gasteiger partial charge in [0.05, 0.1) is 13.2 Å². The number of ether oxygens (including phenoxy) is 4. The van der Waals surface area contributed by atoms with E-state index in [9.17, 15) is 19.2 Å². The molecular formula is C47H30O8. The second-order valence-corrected chi connectivity index (χ2v) is 13.6. The van der Waals surface area contributed by atoms with E-state index in [0.29, 0.717) is 79.3 Å². The standard InChI is InChI=1S/C47H30O8/c1-3-52-37-23-31-33(48)19-21-35(50)39(31)41-27(37)15-17-29-43(41)44-30(18-16-28-38(53-4-2)24-32-34(49)20-22-36(51)40(32)42(28)44)46-45(29)54-47(55-46,25-11-7-5-8-12-25)26-13-9-6-10-14-26/h5-24H,3-4H2,1-2H3. The maximum atomic E-state index is 14.1. The van der Waals surface area contributed by atoms with Crippen molar-refractivity contribution >= 4 is 66.2 Å². The van der Waals surface area contributed by atoms with Crippen LogP contribution in [0.5, 0.6) is 23.0 Å². The third-order valence-corrected chi connectivity index (χ3v) is 10.7. The third-order valence-electron chi connectivity index (χ3n) is 10.7. The lowest BCUT2D eigenvalue weighted by Gasteiger charge is -2.28. The fourth-order valence-corrected chi connectivity index (χ4v) is 8.44. The van der Waals surface area contributed by atoms with Gasteiger partial charge in [0, 0.05) is 76.5 Å². The average Bonchev–Trinajstić information content (AvgIpc) is 3.63. The molecule has 2 aliphatic carbocycles. The molecule has 0 unspecified atom stereocenters. The van der Waals surface area contributed by atoms with Gasteiger partial charge in [0.25, 0.3) is 0 Å². The van der Waals surface area contributed by atoms with E-state index < -0.39 is 5.79 Å². The summed E-state index contributed by atoms with van der Waals surface area (Å²) in [6.45, 7) is 4.31. The first kappa shape index (κ1) is 32.6. The van der Waals surface area contributed by atoms with Gasteiger partial charge in [0.2, 0.25) is 0 Å². The first-order valence-electron chi connectivity index (χ1n) is 18.2. The largest absolute Gasteiger partial charge is 0.493 e. The van der Waals surface area contributed by atoms with Crippen LogP contribution in [0.25, 0.3) is 43.1 Å². The van der Waals surface area contributed by atoms with Crippen LogP contribution in [0.1, 0.15) is 66.4 Å². The first-order valence-corrected chi connectivity index (χ1v) is 18.2. The van der Waals surface area contributed by atoms with Crippen LogP contribution in [-0.4, -0.2) is 36.3 Å². The minimum Gasteiger partial charge on any atom is -0.493 e. The van der Waals surface area contributed by atoms with E-state index in [1.807, 2.05) is 98.8 Å². The second kappa shape index (κ2) is 12.0. The zero-order valence-electron chi connectivity index (χ0n) is 29.7. The number of benzene rings is 7. The Morgan fingerprint density at radius 3 is 1.25 bits per heavy atom. The molecular weight excluding hydrogens is 693 g/mol. The molecule has 0 bridgehead atoms. The van der Waals surface area contributed by atoms with Crippen LogP contribution in [0, 0.1) is 0 Å². The van der Waals surface area contributed by atoms with Crippen LogP contribution in [-0.2, 0) is 5.79 Å². The number of hydrogen-bond donors (Lipinski definition) is 0. The molecule has 10 rings (SSSR count). The monoisotopic (exact) mass is 722 g/mol. The topological polar surface area (TPSA) is 105 Å². The lowest BCUT2D eigenvalue weighted by atomic mass is 9.82. The van der Waals surface area contributed by atoms with Crippen molar-refractivity contribution in [3.05, 3.63) is 155 Å². The molecule has 0 saturated heterocycles. The molecule has 0 N–H and O–H groups in total. The number of carbonyl (C=O) groups is 4. The van der Waals surface area contributed by atoms with Crippen molar-refractivity contribution in [3.63, 3.8) is 0 Å². The Labute approximate surface area is 314 Å². The van der Waals surface area contributed by atoms with Gasteiger partial charge in [-0.05, 0) is 74.5 Å². The van der Waals surface area contributed by atoms with Crippen LogP contribution in [0.15, 0.2) is 121 Å². The molecule has 0 spiro atoms. The van der Waals surface area contributed by atoms with Crippen molar-refractivity contribution < 1.29 is 38.1 Å². The van der Waals surface area contributed by atoms with Gasteiger partial charge in [-0.15, -0.1) is 0 Å². The number of hydrogen-bond acceptors (Lipinski definition) is 8. The van der Waals surface area contributed by atoms with Gasteiger partial charge in [-0.2, -0.15) is 0 Å². The molecule has 0 fully saturated rings. The van der Waals surface area contributed by atoms with E-state index in [1.54, 1.807) is 12.1 Å². The van der Waals surface area contributed by atoms with E-state index in [4.69, 9.17) is 18.9 Å². The Morgan fingerprint density at radius 2 is 0.855 bits per heavy atom.